The molecule has 0 bridgehead atoms. The largest absolute Gasteiger partial charge is 0.478 e. The molecule has 0 aliphatic heterocycles. The molecule has 0 spiro atoms. The van der Waals surface area contributed by atoms with Gasteiger partial charge >= 0.3 is 0 Å². The van der Waals surface area contributed by atoms with Crippen molar-refractivity contribution in [1.82, 2.24) is 9.97 Å². The van der Waals surface area contributed by atoms with Crippen molar-refractivity contribution in [3.63, 3.8) is 0 Å². The standard InChI is InChI=1S/C11H20N4O2/c1-3-6-17-10-4-5-13-11(15-10)14-7-9(12)8(2)16/h4-5,8-9,16H,3,6-7,12H2,1-2H3,(H,13,14,15). The number of hydrogen-bond donors (Lipinski definition) is 3. The normalized spacial score (nSPS) is 14.1. The Morgan fingerprint density at radius 1 is 1.59 bits per heavy atom. The van der Waals surface area contributed by atoms with Crippen molar-refractivity contribution < 1.29 is 9.84 Å². The summed E-state index contributed by atoms with van der Waals surface area (Å²) in [6, 6.07) is 1.36. The van der Waals surface area contributed by atoms with Crippen molar-refractivity contribution in [2.75, 3.05) is 18.5 Å². The summed E-state index contributed by atoms with van der Waals surface area (Å²) in [6.07, 6.45) is 1.98. The zero-order valence-electron chi connectivity index (χ0n) is 10.3. The van der Waals surface area contributed by atoms with Gasteiger partial charge in [0.25, 0.3) is 0 Å². The second kappa shape index (κ2) is 7.03. The van der Waals surface area contributed by atoms with Gasteiger partial charge in [0.05, 0.1) is 12.7 Å². The summed E-state index contributed by atoms with van der Waals surface area (Å²) >= 11 is 0. The molecule has 6 heteroatoms. The van der Waals surface area contributed by atoms with E-state index >= 15 is 0 Å². The molecule has 1 aromatic rings. The maximum absolute atomic E-state index is 9.24. The maximum Gasteiger partial charge on any atom is 0.225 e. The van der Waals surface area contributed by atoms with E-state index in [4.69, 9.17) is 10.5 Å². The number of aromatic nitrogens is 2. The van der Waals surface area contributed by atoms with E-state index in [0.29, 0.717) is 25.0 Å². The van der Waals surface area contributed by atoms with Gasteiger partial charge in [0, 0.05) is 24.8 Å². The van der Waals surface area contributed by atoms with Crippen molar-refractivity contribution in [2.24, 2.45) is 5.73 Å². The van der Waals surface area contributed by atoms with Crippen LogP contribution in [0.2, 0.25) is 0 Å². The number of aliphatic hydroxyl groups is 1. The van der Waals surface area contributed by atoms with Crippen LogP contribution in [0.3, 0.4) is 0 Å². The molecule has 0 saturated carbocycles. The van der Waals surface area contributed by atoms with E-state index in [1.165, 1.54) is 0 Å². The van der Waals surface area contributed by atoms with Crippen LogP contribution >= 0.6 is 0 Å². The van der Waals surface area contributed by atoms with Gasteiger partial charge in [-0.25, -0.2) is 4.98 Å². The van der Waals surface area contributed by atoms with Crippen LogP contribution in [0.1, 0.15) is 20.3 Å². The number of nitrogens with two attached hydrogens (primary N) is 1. The predicted octanol–water partition coefficient (Wildman–Crippen LogP) is 0.385. The van der Waals surface area contributed by atoms with Crippen LogP contribution in [0.4, 0.5) is 5.95 Å². The van der Waals surface area contributed by atoms with Crippen LogP contribution in [-0.2, 0) is 0 Å². The molecule has 6 nitrogen and oxygen atoms in total. The fourth-order valence-corrected chi connectivity index (χ4v) is 1.09. The molecule has 0 aromatic carbocycles. The number of aliphatic hydroxyl groups excluding tert-OH is 1. The average molecular weight is 240 g/mol. The highest BCUT2D eigenvalue weighted by Crippen LogP contribution is 2.08. The Bertz CT molecular complexity index is 333. The highest BCUT2D eigenvalue weighted by atomic mass is 16.5. The van der Waals surface area contributed by atoms with Crippen molar-refractivity contribution in [2.45, 2.75) is 32.4 Å². The molecule has 2 unspecified atom stereocenters. The monoisotopic (exact) mass is 240 g/mol. The van der Waals surface area contributed by atoms with Gasteiger partial charge in [-0.05, 0) is 13.3 Å². The third-order valence-electron chi connectivity index (χ3n) is 2.20. The van der Waals surface area contributed by atoms with E-state index in [9.17, 15) is 5.11 Å². The SMILES string of the molecule is CCCOc1ccnc(NCC(N)C(C)O)n1. The summed E-state index contributed by atoms with van der Waals surface area (Å²) in [5, 5.41) is 12.2. The third-order valence-corrected chi connectivity index (χ3v) is 2.20. The minimum atomic E-state index is -0.568. The lowest BCUT2D eigenvalue weighted by molar-refractivity contribution is 0.168. The number of anilines is 1. The summed E-state index contributed by atoms with van der Waals surface area (Å²) in [5.74, 6) is 0.990. The summed E-state index contributed by atoms with van der Waals surface area (Å²) in [4.78, 5) is 8.20. The topological polar surface area (TPSA) is 93.3 Å². The molecule has 2 atom stereocenters. The van der Waals surface area contributed by atoms with Gasteiger partial charge in [-0.2, -0.15) is 4.98 Å². The van der Waals surface area contributed by atoms with E-state index in [1.807, 2.05) is 6.92 Å². The molecule has 0 amide bonds. The second-order valence-electron chi connectivity index (χ2n) is 3.85. The lowest BCUT2D eigenvalue weighted by atomic mass is 10.2. The fraction of sp³-hybridized carbons (Fsp3) is 0.636. The van der Waals surface area contributed by atoms with Crippen molar-refractivity contribution in [1.29, 1.82) is 0 Å². The van der Waals surface area contributed by atoms with E-state index in [-0.39, 0.29) is 6.04 Å². The quantitative estimate of drug-likeness (QED) is 0.638. The molecule has 0 fully saturated rings. The Labute approximate surface area is 101 Å². The van der Waals surface area contributed by atoms with E-state index in [2.05, 4.69) is 15.3 Å². The van der Waals surface area contributed by atoms with Crippen molar-refractivity contribution in [3.05, 3.63) is 12.3 Å². The minimum absolute atomic E-state index is 0.348. The molecule has 1 heterocycles. The molecule has 17 heavy (non-hydrogen) atoms. The molecule has 1 rings (SSSR count). The lowest BCUT2D eigenvalue weighted by Gasteiger charge is -2.15. The van der Waals surface area contributed by atoms with Gasteiger partial charge in [0.1, 0.15) is 0 Å². The first-order valence-corrected chi connectivity index (χ1v) is 5.76. The molecular weight excluding hydrogens is 220 g/mol. The zero-order valence-corrected chi connectivity index (χ0v) is 10.3. The molecular formula is C11H20N4O2. The molecule has 0 saturated heterocycles. The number of rotatable bonds is 7. The summed E-state index contributed by atoms with van der Waals surface area (Å²) in [7, 11) is 0. The van der Waals surface area contributed by atoms with Gasteiger partial charge in [-0.1, -0.05) is 6.92 Å². The van der Waals surface area contributed by atoms with Gasteiger partial charge in [-0.3, -0.25) is 0 Å². The van der Waals surface area contributed by atoms with Crippen LogP contribution in [0.15, 0.2) is 12.3 Å². The van der Waals surface area contributed by atoms with Crippen LogP contribution in [0.25, 0.3) is 0 Å². The van der Waals surface area contributed by atoms with Crippen LogP contribution in [-0.4, -0.2) is 40.4 Å². The van der Waals surface area contributed by atoms with Gasteiger partial charge in [-0.15, -0.1) is 0 Å². The van der Waals surface area contributed by atoms with Gasteiger partial charge < -0.3 is 20.9 Å². The number of ether oxygens (including phenoxy) is 1. The molecule has 0 aliphatic rings. The Balaban J connectivity index is 2.48. The average Bonchev–Trinajstić information content (AvgIpc) is 2.33. The number of hydrogen-bond acceptors (Lipinski definition) is 6. The second-order valence-corrected chi connectivity index (χ2v) is 3.85. The van der Waals surface area contributed by atoms with E-state index in [0.717, 1.165) is 6.42 Å². The van der Waals surface area contributed by atoms with Gasteiger partial charge in [0.2, 0.25) is 11.8 Å². The lowest BCUT2D eigenvalue weighted by Crippen LogP contribution is -2.38. The first-order valence-electron chi connectivity index (χ1n) is 5.76. The molecule has 0 aliphatic carbocycles. The molecule has 96 valence electrons. The summed E-state index contributed by atoms with van der Waals surface area (Å²) in [6.45, 7) is 4.72. The summed E-state index contributed by atoms with van der Waals surface area (Å²) in [5.41, 5.74) is 5.68. The maximum atomic E-state index is 9.24. The Hall–Kier alpha value is -1.40. The van der Waals surface area contributed by atoms with Crippen LogP contribution in [0, 0.1) is 0 Å². The van der Waals surface area contributed by atoms with E-state index < -0.39 is 6.10 Å². The predicted molar refractivity (Wildman–Crippen MR) is 66.0 cm³/mol. The molecule has 0 radical (unpaired) electrons. The van der Waals surface area contributed by atoms with Crippen molar-refractivity contribution in [3.8, 4) is 5.88 Å². The molecule has 1 aromatic heterocycles. The van der Waals surface area contributed by atoms with E-state index in [1.54, 1.807) is 19.2 Å². The Morgan fingerprint density at radius 2 is 2.35 bits per heavy atom. The third kappa shape index (κ3) is 4.97. The molecule has 4 N–H and O–H groups in total. The number of nitrogens with zero attached hydrogens (tertiary/aromatic N) is 2. The highest BCUT2D eigenvalue weighted by molar-refractivity contribution is 5.27. The Morgan fingerprint density at radius 3 is 3.00 bits per heavy atom. The fourth-order valence-electron chi connectivity index (χ4n) is 1.09. The highest BCUT2D eigenvalue weighted by Gasteiger charge is 2.09. The summed E-state index contributed by atoms with van der Waals surface area (Å²) < 4.78 is 5.38. The Kier molecular flexibility index (Phi) is 5.65. The minimum Gasteiger partial charge on any atom is -0.478 e. The van der Waals surface area contributed by atoms with Crippen molar-refractivity contribution >= 4 is 5.95 Å². The first kappa shape index (κ1) is 13.7. The number of nitrogens with one attached hydrogen (secondary N) is 1. The zero-order chi connectivity index (χ0) is 12.7. The smallest absolute Gasteiger partial charge is 0.225 e. The van der Waals surface area contributed by atoms with Crippen LogP contribution < -0.4 is 15.8 Å². The van der Waals surface area contributed by atoms with Gasteiger partial charge in [0.15, 0.2) is 0 Å². The first-order chi connectivity index (χ1) is 8.13. The van der Waals surface area contributed by atoms with Crippen LogP contribution in [0.5, 0.6) is 5.88 Å².